The van der Waals surface area contributed by atoms with Crippen LogP contribution in [0.5, 0.6) is 0 Å². The Bertz CT molecular complexity index is 731. The van der Waals surface area contributed by atoms with Gasteiger partial charge in [0.05, 0.1) is 11.4 Å². The van der Waals surface area contributed by atoms with E-state index in [1.807, 2.05) is 0 Å². The van der Waals surface area contributed by atoms with Crippen molar-refractivity contribution in [2.45, 2.75) is 31.7 Å². The topological polar surface area (TPSA) is 67.8 Å². The van der Waals surface area contributed by atoms with E-state index >= 15 is 0 Å². The van der Waals surface area contributed by atoms with Crippen LogP contribution >= 0.6 is 11.6 Å². The highest BCUT2D eigenvalue weighted by Crippen LogP contribution is 2.30. The van der Waals surface area contributed by atoms with Gasteiger partial charge in [0.2, 0.25) is 0 Å². The molecule has 0 unspecified atom stereocenters. The molecule has 0 aliphatic heterocycles. The van der Waals surface area contributed by atoms with Gasteiger partial charge < -0.3 is 4.84 Å². The molecule has 1 aliphatic rings. The van der Waals surface area contributed by atoms with Crippen LogP contribution in [0.15, 0.2) is 23.4 Å². The lowest BCUT2D eigenvalue weighted by Gasteiger charge is -2.15. The van der Waals surface area contributed by atoms with E-state index in [1.165, 1.54) is 16.9 Å². The number of oxime groups is 1. The van der Waals surface area contributed by atoms with Crippen molar-refractivity contribution >= 4 is 33.0 Å². The number of benzene rings is 1. The molecule has 1 aromatic carbocycles. The van der Waals surface area contributed by atoms with Gasteiger partial charge in [0.15, 0.2) is 0 Å². The molecule has 1 N–H and O–H groups in total. The number of halogens is 4. The average molecular weight is 385 g/mol. The fraction of sp³-hybridized carbons (Fsp3) is 0.500. The maximum absolute atomic E-state index is 12.6. The summed E-state index contributed by atoms with van der Waals surface area (Å²) in [5, 5.41) is 4.17. The molecular formula is C14H16ClF3N2O3S. The van der Waals surface area contributed by atoms with E-state index in [9.17, 15) is 21.6 Å². The highest BCUT2D eigenvalue weighted by Gasteiger charge is 2.46. The maximum atomic E-state index is 12.6. The van der Waals surface area contributed by atoms with Crippen LogP contribution in [0.1, 0.15) is 31.7 Å². The van der Waals surface area contributed by atoms with Crippen molar-refractivity contribution in [3.05, 3.63) is 28.8 Å². The summed E-state index contributed by atoms with van der Waals surface area (Å²) in [5.41, 5.74) is -5.23. The third-order valence-electron chi connectivity index (χ3n) is 3.36. The fourth-order valence-electron chi connectivity index (χ4n) is 1.86. The monoisotopic (exact) mass is 384 g/mol. The zero-order valence-electron chi connectivity index (χ0n) is 12.7. The van der Waals surface area contributed by atoms with Crippen LogP contribution in [0.3, 0.4) is 0 Å². The molecule has 0 amide bonds. The third-order valence-corrected chi connectivity index (χ3v) is 4.69. The molecule has 134 valence electrons. The zero-order valence-corrected chi connectivity index (χ0v) is 14.3. The van der Waals surface area contributed by atoms with Gasteiger partial charge in [-0.05, 0) is 43.4 Å². The molecule has 1 aromatic rings. The smallest absolute Gasteiger partial charge is 0.395 e. The maximum Gasteiger partial charge on any atom is 0.516 e. The molecule has 0 spiro atoms. The minimum absolute atomic E-state index is 0.147. The lowest BCUT2D eigenvalue weighted by atomic mass is 10.1. The first-order valence-electron chi connectivity index (χ1n) is 7.22. The number of nitrogens with zero attached hydrogens (tertiary/aromatic N) is 1. The molecule has 0 atom stereocenters. The molecule has 1 saturated carbocycles. The van der Waals surface area contributed by atoms with Crippen LogP contribution in [0.4, 0.5) is 18.9 Å². The number of anilines is 1. The minimum Gasteiger partial charge on any atom is -0.395 e. The Balaban J connectivity index is 2.31. The molecule has 0 radical (unpaired) electrons. The summed E-state index contributed by atoms with van der Waals surface area (Å²) in [6.45, 7) is 2.15. The van der Waals surface area contributed by atoms with Crippen LogP contribution in [-0.4, -0.2) is 26.2 Å². The van der Waals surface area contributed by atoms with Crippen LogP contribution in [0, 0.1) is 5.92 Å². The van der Waals surface area contributed by atoms with E-state index in [-0.39, 0.29) is 16.3 Å². The number of sulfonamides is 1. The van der Waals surface area contributed by atoms with E-state index in [0.717, 1.165) is 18.9 Å². The molecule has 0 aromatic heterocycles. The number of hydrogen-bond donors (Lipinski definition) is 1. The van der Waals surface area contributed by atoms with E-state index < -0.39 is 15.5 Å². The number of alkyl halides is 3. The van der Waals surface area contributed by atoms with Crippen LogP contribution in [0.25, 0.3) is 0 Å². The second-order valence-corrected chi connectivity index (χ2v) is 7.48. The summed E-state index contributed by atoms with van der Waals surface area (Å²) in [7, 11) is -5.54. The second-order valence-electron chi connectivity index (χ2n) is 5.37. The lowest BCUT2D eigenvalue weighted by molar-refractivity contribution is -0.0429. The van der Waals surface area contributed by atoms with Crippen LogP contribution in [-0.2, 0) is 14.9 Å². The first-order valence-corrected chi connectivity index (χ1v) is 9.08. The average Bonchev–Trinajstić information content (AvgIpc) is 3.28. The summed E-state index contributed by atoms with van der Waals surface area (Å²) in [6, 6.07) is 3.79. The molecule has 5 nitrogen and oxygen atoms in total. The van der Waals surface area contributed by atoms with Gasteiger partial charge in [-0.25, -0.2) is 0 Å². The number of hydrogen-bond acceptors (Lipinski definition) is 4. The van der Waals surface area contributed by atoms with Gasteiger partial charge in [-0.2, -0.15) is 21.6 Å². The van der Waals surface area contributed by atoms with Crippen molar-refractivity contribution in [3.8, 4) is 0 Å². The summed E-state index contributed by atoms with van der Waals surface area (Å²) in [6.07, 6.45) is 2.45. The molecule has 1 aliphatic carbocycles. The molecule has 2 rings (SSSR count). The second kappa shape index (κ2) is 7.18. The van der Waals surface area contributed by atoms with E-state index in [1.54, 1.807) is 6.92 Å². The largest absolute Gasteiger partial charge is 0.516 e. The molecule has 1 fully saturated rings. The summed E-state index contributed by atoms with van der Waals surface area (Å²) in [5.74, 6) is 0.453. The van der Waals surface area contributed by atoms with Crippen molar-refractivity contribution < 1.29 is 26.4 Å². The lowest BCUT2D eigenvalue weighted by Crippen LogP contribution is -2.30. The van der Waals surface area contributed by atoms with Gasteiger partial charge >= 0.3 is 15.5 Å². The third kappa shape index (κ3) is 4.76. The summed E-state index contributed by atoms with van der Waals surface area (Å²) < 4.78 is 62.0. The predicted octanol–water partition coefficient (Wildman–Crippen LogP) is 4.14. The highest BCUT2D eigenvalue weighted by molar-refractivity contribution is 7.93. The van der Waals surface area contributed by atoms with Gasteiger partial charge in [-0.1, -0.05) is 23.7 Å². The summed E-state index contributed by atoms with van der Waals surface area (Å²) >= 11 is 5.88. The fourth-order valence-corrected chi connectivity index (χ4v) is 2.61. The van der Waals surface area contributed by atoms with E-state index in [2.05, 4.69) is 5.16 Å². The van der Waals surface area contributed by atoms with Gasteiger partial charge in [0.25, 0.3) is 0 Å². The van der Waals surface area contributed by atoms with Crippen molar-refractivity contribution in [2.75, 3.05) is 11.3 Å². The normalized spacial score (nSPS) is 16.1. The van der Waals surface area contributed by atoms with Gasteiger partial charge in [0.1, 0.15) is 6.61 Å². The first kappa shape index (κ1) is 18.9. The van der Waals surface area contributed by atoms with Crippen molar-refractivity contribution in [3.63, 3.8) is 0 Å². The first-order chi connectivity index (χ1) is 11.1. The minimum atomic E-state index is -5.54. The van der Waals surface area contributed by atoms with Crippen LogP contribution in [0.2, 0.25) is 5.02 Å². The van der Waals surface area contributed by atoms with Crippen LogP contribution < -0.4 is 4.72 Å². The molecule has 0 bridgehead atoms. The predicted molar refractivity (Wildman–Crippen MR) is 85.6 cm³/mol. The summed E-state index contributed by atoms with van der Waals surface area (Å²) in [4.78, 5) is 5.20. The molecule has 10 heteroatoms. The van der Waals surface area contributed by atoms with Crippen molar-refractivity contribution in [1.82, 2.24) is 0 Å². The standard InChI is InChI=1S/C14H16ClF3N2O3S/c1-2-12(19-23-8-9-3-4-9)11-7-10(15)5-6-13(11)20-24(21,22)14(16,17)18/h5-7,9,20H,2-4,8H2,1H3/b19-12-. The number of nitrogens with one attached hydrogen (secondary N) is 1. The van der Waals surface area contributed by atoms with Gasteiger partial charge in [-0.3, -0.25) is 4.72 Å². The Labute approximate surface area is 142 Å². The van der Waals surface area contributed by atoms with E-state index in [4.69, 9.17) is 16.4 Å². The molecule has 0 heterocycles. The van der Waals surface area contributed by atoms with Crippen molar-refractivity contribution in [2.24, 2.45) is 11.1 Å². The Morgan fingerprint density at radius 3 is 2.62 bits per heavy atom. The molecular weight excluding hydrogens is 369 g/mol. The Hall–Kier alpha value is -1.48. The molecule has 24 heavy (non-hydrogen) atoms. The number of rotatable bonds is 7. The quantitative estimate of drug-likeness (QED) is 0.567. The Morgan fingerprint density at radius 1 is 1.42 bits per heavy atom. The Morgan fingerprint density at radius 2 is 2.08 bits per heavy atom. The molecule has 0 saturated heterocycles. The van der Waals surface area contributed by atoms with Gasteiger partial charge in [-0.15, -0.1) is 0 Å². The van der Waals surface area contributed by atoms with Gasteiger partial charge in [0, 0.05) is 10.6 Å². The zero-order chi connectivity index (χ0) is 18.0. The van der Waals surface area contributed by atoms with Crippen molar-refractivity contribution in [1.29, 1.82) is 0 Å². The van der Waals surface area contributed by atoms with E-state index in [0.29, 0.717) is 24.7 Å². The SMILES string of the molecule is CC/C(=N/OCC1CC1)c1cc(Cl)ccc1NS(=O)(=O)C(F)(F)F. The Kier molecular flexibility index (Phi) is 5.64. The highest BCUT2D eigenvalue weighted by atomic mass is 35.5.